The maximum Gasteiger partial charge on any atom is 0.126 e. The van der Waals surface area contributed by atoms with Crippen molar-refractivity contribution in [2.75, 3.05) is 6.61 Å². The average molecular weight is 306 g/mol. The fraction of sp³-hybridized carbons (Fsp3) is 0.333. The van der Waals surface area contributed by atoms with Crippen LogP contribution in [0.1, 0.15) is 34.7 Å². The minimum Gasteiger partial charge on any atom is -0.392 e. The molecule has 0 bridgehead atoms. The highest BCUT2D eigenvalue weighted by Gasteiger charge is 2.06. The Hall–Kier alpha value is -1.45. The van der Waals surface area contributed by atoms with Crippen LogP contribution in [0.25, 0.3) is 6.08 Å². The average Bonchev–Trinajstić information content (AvgIpc) is 2.67. The van der Waals surface area contributed by atoms with E-state index in [4.69, 9.17) is 5.11 Å². The summed E-state index contributed by atoms with van der Waals surface area (Å²) in [6, 6.07) is 0. The van der Waals surface area contributed by atoms with Crippen molar-refractivity contribution in [1.29, 1.82) is 0 Å². The third-order valence-corrected chi connectivity index (χ3v) is 4.54. The smallest absolute Gasteiger partial charge is 0.126 e. The molecule has 3 heteroatoms. The second-order valence-electron chi connectivity index (χ2n) is 5.08. The maximum absolute atomic E-state index is 14.0. The lowest BCUT2D eigenvalue weighted by Crippen LogP contribution is -1.80. The number of halogens is 1. The Morgan fingerprint density at radius 1 is 1.10 bits per heavy atom. The van der Waals surface area contributed by atoms with Gasteiger partial charge in [-0.25, -0.2) is 4.39 Å². The summed E-state index contributed by atoms with van der Waals surface area (Å²) >= 11 is 1.77. The number of thiophene rings is 1. The number of allylic oxidation sites excluding steroid dienone is 6. The molecule has 1 aromatic rings. The zero-order chi connectivity index (χ0) is 16.0. The zero-order valence-corrected chi connectivity index (χ0v) is 14.1. The van der Waals surface area contributed by atoms with E-state index in [0.717, 1.165) is 5.57 Å². The molecule has 0 atom stereocenters. The van der Waals surface area contributed by atoms with Crippen molar-refractivity contribution >= 4 is 17.4 Å². The number of aliphatic hydroxyl groups excluding tert-OH is 1. The lowest BCUT2D eigenvalue weighted by molar-refractivity contribution is 0.342. The first-order valence-electron chi connectivity index (χ1n) is 6.93. The molecule has 21 heavy (non-hydrogen) atoms. The predicted molar refractivity (Wildman–Crippen MR) is 91.4 cm³/mol. The molecule has 1 aromatic heterocycles. The Labute approximate surface area is 130 Å². The van der Waals surface area contributed by atoms with Crippen LogP contribution in [-0.2, 0) is 0 Å². The first-order chi connectivity index (χ1) is 9.86. The third-order valence-electron chi connectivity index (χ3n) is 3.40. The van der Waals surface area contributed by atoms with Crippen molar-refractivity contribution in [2.24, 2.45) is 0 Å². The molecule has 0 aromatic carbocycles. The van der Waals surface area contributed by atoms with Crippen LogP contribution in [0.2, 0.25) is 0 Å². The molecule has 0 aliphatic heterocycles. The Bertz CT molecular complexity index is 615. The molecule has 0 saturated carbocycles. The molecular formula is C18H23FOS. The van der Waals surface area contributed by atoms with Gasteiger partial charge in [-0.1, -0.05) is 29.9 Å². The van der Waals surface area contributed by atoms with Gasteiger partial charge in [-0.05, 0) is 57.4 Å². The molecule has 0 aliphatic rings. The molecule has 1 N–H and O–H groups in total. The summed E-state index contributed by atoms with van der Waals surface area (Å²) in [4.78, 5) is 2.56. The highest BCUT2D eigenvalue weighted by molar-refractivity contribution is 7.12. The molecule has 1 heterocycles. The van der Waals surface area contributed by atoms with Crippen molar-refractivity contribution in [1.82, 2.24) is 0 Å². The molecule has 0 radical (unpaired) electrons. The van der Waals surface area contributed by atoms with E-state index < -0.39 is 0 Å². The van der Waals surface area contributed by atoms with Crippen LogP contribution < -0.4 is 0 Å². The van der Waals surface area contributed by atoms with Gasteiger partial charge in [0.15, 0.2) is 0 Å². The van der Waals surface area contributed by atoms with E-state index in [0.29, 0.717) is 5.57 Å². The van der Waals surface area contributed by atoms with Gasteiger partial charge in [0.1, 0.15) is 5.83 Å². The topological polar surface area (TPSA) is 20.2 Å². The number of aryl methyl sites for hydroxylation is 2. The second-order valence-corrected chi connectivity index (χ2v) is 6.51. The third kappa shape index (κ3) is 5.10. The largest absolute Gasteiger partial charge is 0.392 e. The summed E-state index contributed by atoms with van der Waals surface area (Å²) in [6.45, 7) is 9.83. The molecule has 0 fully saturated rings. The van der Waals surface area contributed by atoms with E-state index in [-0.39, 0.29) is 12.4 Å². The van der Waals surface area contributed by atoms with Crippen LogP contribution in [0.15, 0.2) is 41.3 Å². The van der Waals surface area contributed by atoms with Crippen LogP contribution in [0, 0.1) is 20.8 Å². The van der Waals surface area contributed by atoms with Gasteiger partial charge in [0.05, 0.1) is 6.61 Å². The molecule has 0 aliphatic carbocycles. The minimum absolute atomic E-state index is 0.0313. The molecule has 1 rings (SSSR count). The standard InChI is InChI=1S/C18H23FOS/c1-12(10-11-20)6-9-18(19)13(2)7-8-17-14(3)15(4)21-16(17)5/h6-10,20H,11H2,1-5H3/b8-7+,9-6+,12-10+,18-13+. The Morgan fingerprint density at radius 2 is 1.76 bits per heavy atom. The Balaban J connectivity index is 2.92. The van der Waals surface area contributed by atoms with Gasteiger partial charge in [-0.3, -0.25) is 0 Å². The normalized spacial score (nSPS) is 14.3. The van der Waals surface area contributed by atoms with Gasteiger partial charge >= 0.3 is 0 Å². The van der Waals surface area contributed by atoms with E-state index in [1.807, 2.05) is 19.1 Å². The van der Waals surface area contributed by atoms with Crippen molar-refractivity contribution in [3.8, 4) is 0 Å². The van der Waals surface area contributed by atoms with E-state index in [1.165, 1.54) is 27.0 Å². The lowest BCUT2D eigenvalue weighted by atomic mass is 10.1. The van der Waals surface area contributed by atoms with Crippen molar-refractivity contribution < 1.29 is 9.50 Å². The molecule has 1 nitrogen and oxygen atoms in total. The number of rotatable bonds is 5. The van der Waals surface area contributed by atoms with Crippen LogP contribution in [0.4, 0.5) is 4.39 Å². The number of hydrogen-bond donors (Lipinski definition) is 1. The second kappa shape index (κ2) is 8.11. The summed E-state index contributed by atoms with van der Waals surface area (Å²) in [5, 5.41) is 8.75. The molecule has 0 unspecified atom stereocenters. The summed E-state index contributed by atoms with van der Waals surface area (Å²) < 4.78 is 14.0. The maximum atomic E-state index is 14.0. The molecular weight excluding hydrogens is 283 g/mol. The van der Waals surface area contributed by atoms with E-state index in [1.54, 1.807) is 30.4 Å². The zero-order valence-electron chi connectivity index (χ0n) is 13.3. The molecule has 0 amide bonds. The predicted octanol–water partition coefficient (Wildman–Crippen LogP) is 5.42. The van der Waals surface area contributed by atoms with Crippen LogP contribution in [0.5, 0.6) is 0 Å². The monoisotopic (exact) mass is 306 g/mol. The summed E-state index contributed by atoms with van der Waals surface area (Å²) in [5.41, 5.74) is 3.87. The lowest BCUT2D eigenvalue weighted by Gasteiger charge is -1.97. The number of aliphatic hydroxyl groups is 1. The van der Waals surface area contributed by atoms with Crippen LogP contribution in [0.3, 0.4) is 0 Å². The van der Waals surface area contributed by atoms with E-state index in [9.17, 15) is 4.39 Å². The Kier molecular flexibility index (Phi) is 6.79. The summed E-state index contributed by atoms with van der Waals surface area (Å²) in [7, 11) is 0. The van der Waals surface area contributed by atoms with Gasteiger partial charge in [0.2, 0.25) is 0 Å². The van der Waals surface area contributed by atoms with Crippen molar-refractivity contribution in [3.63, 3.8) is 0 Å². The van der Waals surface area contributed by atoms with Crippen molar-refractivity contribution in [3.05, 3.63) is 62.2 Å². The summed E-state index contributed by atoms with van der Waals surface area (Å²) in [6.07, 6.45) is 8.52. The van der Waals surface area contributed by atoms with Gasteiger partial charge in [0, 0.05) is 9.75 Å². The molecule has 114 valence electrons. The first kappa shape index (κ1) is 17.6. The van der Waals surface area contributed by atoms with Crippen LogP contribution in [-0.4, -0.2) is 11.7 Å². The first-order valence-corrected chi connectivity index (χ1v) is 7.75. The molecule has 0 saturated heterocycles. The Morgan fingerprint density at radius 3 is 2.29 bits per heavy atom. The van der Waals surface area contributed by atoms with Gasteiger partial charge in [0.25, 0.3) is 0 Å². The van der Waals surface area contributed by atoms with E-state index >= 15 is 0 Å². The van der Waals surface area contributed by atoms with Crippen molar-refractivity contribution in [2.45, 2.75) is 34.6 Å². The van der Waals surface area contributed by atoms with Gasteiger partial charge in [-0.15, -0.1) is 11.3 Å². The summed E-state index contributed by atoms with van der Waals surface area (Å²) in [5.74, 6) is -0.265. The van der Waals surface area contributed by atoms with E-state index in [2.05, 4.69) is 20.8 Å². The van der Waals surface area contributed by atoms with Gasteiger partial charge in [-0.2, -0.15) is 0 Å². The fourth-order valence-electron chi connectivity index (χ4n) is 1.89. The number of hydrogen-bond acceptors (Lipinski definition) is 2. The van der Waals surface area contributed by atoms with Gasteiger partial charge < -0.3 is 5.11 Å². The minimum atomic E-state index is -0.265. The quantitative estimate of drug-likeness (QED) is 0.720. The van der Waals surface area contributed by atoms with Crippen LogP contribution >= 0.6 is 11.3 Å². The SMILES string of the molecule is CC(/C=C/C(F)=C(C)\C=C\c1c(C)sc(C)c1C)=C\CO. The highest BCUT2D eigenvalue weighted by Crippen LogP contribution is 2.28. The molecule has 0 spiro atoms. The highest BCUT2D eigenvalue weighted by atomic mass is 32.1. The fourth-order valence-corrected chi connectivity index (χ4v) is 2.95.